The summed E-state index contributed by atoms with van der Waals surface area (Å²) in [6, 6.07) is 9.39. The lowest BCUT2D eigenvalue weighted by Gasteiger charge is -2.11. The Morgan fingerprint density at radius 1 is 1.14 bits per heavy atom. The topological polar surface area (TPSA) is 85.5 Å². The summed E-state index contributed by atoms with van der Waals surface area (Å²) in [6.07, 6.45) is -0.996. The average Bonchev–Trinajstić information content (AvgIpc) is 3.22. The van der Waals surface area contributed by atoms with Crippen LogP contribution < -0.4 is 0 Å². The SMILES string of the molecule is CCOC(=O)c1c(C)[nH]c(C(=O)[C@@H](C)OC(=O)c2cc3ccccc3s2)c1C. The van der Waals surface area contributed by atoms with Gasteiger partial charge in [-0.3, -0.25) is 4.79 Å². The molecule has 2 heterocycles. The maximum atomic E-state index is 12.8. The molecule has 0 saturated carbocycles. The number of aromatic amines is 1. The van der Waals surface area contributed by atoms with E-state index in [1.807, 2.05) is 24.3 Å². The Morgan fingerprint density at radius 3 is 2.54 bits per heavy atom. The predicted molar refractivity (Wildman–Crippen MR) is 107 cm³/mol. The van der Waals surface area contributed by atoms with Crippen LogP contribution in [-0.4, -0.2) is 35.4 Å². The molecule has 3 aromatic rings. The first-order valence-corrected chi connectivity index (χ1v) is 9.75. The zero-order chi connectivity index (χ0) is 20.4. The Kier molecular flexibility index (Phi) is 5.65. The van der Waals surface area contributed by atoms with E-state index in [1.54, 1.807) is 26.8 Å². The van der Waals surface area contributed by atoms with E-state index < -0.39 is 23.8 Å². The number of ether oxygens (including phenoxy) is 2. The fourth-order valence-corrected chi connectivity index (χ4v) is 4.01. The summed E-state index contributed by atoms with van der Waals surface area (Å²) >= 11 is 1.32. The van der Waals surface area contributed by atoms with Crippen molar-refractivity contribution in [3.8, 4) is 0 Å². The standard InChI is InChI=1S/C21H21NO5S/c1-5-26-21(25)17-11(2)18(22-12(17)3)19(23)13(4)27-20(24)16-10-14-8-6-7-9-15(14)28-16/h6-10,13,22H,5H2,1-4H3/t13-/m1/s1. The maximum Gasteiger partial charge on any atom is 0.349 e. The third-order valence-electron chi connectivity index (χ3n) is 4.44. The van der Waals surface area contributed by atoms with Crippen LogP contribution in [0.15, 0.2) is 30.3 Å². The molecule has 0 unspecified atom stereocenters. The summed E-state index contributed by atoms with van der Waals surface area (Å²) in [5.41, 5.74) is 1.62. The highest BCUT2D eigenvalue weighted by atomic mass is 32.1. The summed E-state index contributed by atoms with van der Waals surface area (Å²) in [5.74, 6) is -1.43. The second-order valence-corrected chi connectivity index (χ2v) is 7.49. The summed E-state index contributed by atoms with van der Waals surface area (Å²) in [5, 5.41) is 0.952. The number of nitrogens with one attached hydrogen (secondary N) is 1. The first kappa shape index (κ1) is 19.8. The van der Waals surface area contributed by atoms with Gasteiger partial charge in [0, 0.05) is 10.4 Å². The largest absolute Gasteiger partial charge is 0.462 e. The number of carbonyl (C=O) groups is 3. The van der Waals surface area contributed by atoms with Gasteiger partial charge in [0.15, 0.2) is 6.10 Å². The van der Waals surface area contributed by atoms with Crippen LogP contribution in [0.5, 0.6) is 0 Å². The first-order chi connectivity index (χ1) is 13.3. The van der Waals surface area contributed by atoms with Gasteiger partial charge in [-0.05, 0) is 50.8 Å². The molecule has 0 saturated heterocycles. The second-order valence-electron chi connectivity index (χ2n) is 6.41. The molecule has 146 valence electrons. The fourth-order valence-electron chi connectivity index (χ4n) is 3.06. The lowest BCUT2D eigenvalue weighted by atomic mass is 10.1. The Hall–Kier alpha value is -2.93. The molecule has 0 spiro atoms. The van der Waals surface area contributed by atoms with Gasteiger partial charge in [0.1, 0.15) is 4.88 Å². The predicted octanol–water partition coefficient (Wildman–Crippen LogP) is 4.45. The van der Waals surface area contributed by atoms with E-state index in [9.17, 15) is 14.4 Å². The summed E-state index contributed by atoms with van der Waals surface area (Å²) in [4.78, 5) is 40.7. The molecule has 0 aliphatic heterocycles. The third kappa shape index (κ3) is 3.71. The number of Topliss-reactive ketones (excluding diaryl/α,β-unsaturated/α-hetero) is 1. The lowest BCUT2D eigenvalue weighted by Crippen LogP contribution is -2.25. The van der Waals surface area contributed by atoms with E-state index in [-0.39, 0.29) is 12.3 Å². The van der Waals surface area contributed by atoms with Gasteiger partial charge in [0.25, 0.3) is 0 Å². The van der Waals surface area contributed by atoms with Gasteiger partial charge in [-0.2, -0.15) is 0 Å². The summed E-state index contributed by atoms with van der Waals surface area (Å²) in [6.45, 7) is 6.85. The van der Waals surface area contributed by atoms with Gasteiger partial charge in [-0.1, -0.05) is 18.2 Å². The Labute approximate surface area is 166 Å². The first-order valence-electron chi connectivity index (χ1n) is 8.93. The number of hydrogen-bond donors (Lipinski definition) is 1. The number of aryl methyl sites for hydroxylation is 1. The van der Waals surface area contributed by atoms with Gasteiger partial charge in [0.2, 0.25) is 5.78 Å². The van der Waals surface area contributed by atoms with E-state index in [0.717, 1.165) is 10.1 Å². The maximum absolute atomic E-state index is 12.8. The number of fused-ring (bicyclic) bond motifs is 1. The number of hydrogen-bond acceptors (Lipinski definition) is 6. The van der Waals surface area contributed by atoms with Gasteiger partial charge in [0.05, 0.1) is 17.9 Å². The van der Waals surface area contributed by atoms with Crippen LogP contribution in [0.1, 0.15) is 55.6 Å². The minimum absolute atomic E-state index is 0.245. The number of esters is 2. The van der Waals surface area contributed by atoms with E-state index in [2.05, 4.69) is 4.98 Å². The van der Waals surface area contributed by atoms with Crippen molar-refractivity contribution in [3.63, 3.8) is 0 Å². The summed E-state index contributed by atoms with van der Waals surface area (Å²) in [7, 11) is 0. The molecule has 0 amide bonds. The molecule has 1 atom stereocenters. The number of H-pyrrole nitrogens is 1. The van der Waals surface area contributed by atoms with Crippen molar-refractivity contribution in [1.29, 1.82) is 0 Å². The Morgan fingerprint density at radius 2 is 1.86 bits per heavy atom. The molecular formula is C21H21NO5S. The van der Waals surface area contributed by atoms with Crippen molar-refractivity contribution in [2.75, 3.05) is 6.61 Å². The highest BCUT2D eigenvalue weighted by Gasteiger charge is 2.28. The minimum Gasteiger partial charge on any atom is -0.462 e. The Bertz CT molecular complexity index is 1030. The van der Waals surface area contributed by atoms with Gasteiger partial charge in [-0.25, -0.2) is 9.59 Å². The van der Waals surface area contributed by atoms with Crippen LogP contribution in [0.3, 0.4) is 0 Å². The van der Waals surface area contributed by atoms with Gasteiger partial charge in [-0.15, -0.1) is 11.3 Å². The molecule has 0 aliphatic carbocycles. The summed E-state index contributed by atoms with van der Waals surface area (Å²) < 4.78 is 11.4. The van der Waals surface area contributed by atoms with Crippen LogP contribution >= 0.6 is 11.3 Å². The van der Waals surface area contributed by atoms with Crippen molar-refractivity contribution in [1.82, 2.24) is 4.98 Å². The van der Waals surface area contributed by atoms with E-state index >= 15 is 0 Å². The van der Waals surface area contributed by atoms with Crippen LogP contribution in [0.2, 0.25) is 0 Å². The van der Waals surface area contributed by atoms with Crippen LogP contribution in [0.4, 0.5) is 0 Å². The van der Waals surface area contributed by atoms with E-state index in [1.165, 1.54) is 18.3 Å². The zero-order valence-corrected chi connectivity index (χ0v) is 16.9. The van der Waals surface area contributed by atoms with E-state index in [0.29, 0.717) is 21.7 Å². The van der Waals surface area contributed by atoms with Crippen molar-refractivity contribution in [3.05, 3.63) is 57.7 Å². The number of thiophene rings is 1. The number of rotatable bonds is 6. The molecule has 0 bridgehead atoms. The number of carbonyl (C=O) groups excluding carboxylic acids is 3. The second kappa shape index (κ2) is 7.98. The highest BCUT2D eigenvalue weighted by Crippen LogP contribution is 2.27. The van der Waals surface area contributed by atoms with Crippen LogP contribution in [-0.2, 0) is 9.47 Å². The average molecular weight is 399 g/mol. The van der Waals surface area contributed by atoms with Crippen molar-refractivity contribution in [2.45, 2.75) is 33.8 Å². The molecule has 0 aliphatic rings. The van der Waals surface area contributed by atoms with Gasteiger partial charge < -0.3 is 14.5 Å². The molecule has 1 aromatic carbocycles. The third-order valence-corrected chi connectivity index (χ3v) is 5.54. The molecular weight excluding hydrogens is 378 g/mol. The molecule has 7 heteroatoms. The molecule has 0 fully saturated rings. The Balaban J connectivity index is 1.78. The number of aromatic nitrogens is 1. The quantitative estimate of drug-likeness (QED) is 0.489. The molecule has 3 rings (SSSR count). The fraction of sp³-hybridized carbons (Fsp3) is 0.286. The lowest BCUT2D eigenvalue weighted by molar-refractivity contribution is 0.0321. The zero-order valence-electron chi connectivity index (χ0n) is 16.1. The normalized spacial score (nSPS) is 12.0. The van der Waals surface area contributed by atoms with Crippen LogP contribution in [0.25, 0.3) is 10.1 Å². The molecule has 6 nitrogen and oxygen atoms in total. The molecule has 1 N–H and O–H groups in total. The minimum atomic E-state index is -0.996. The number of ketones is 1. The molecule has 0 radical (unpaired) electrons. The number of benzene rings is 1. The van der Waals surface area contributed by atoms with Crippen molar-refractivity contribution < 1.29 is 23.9 Å². The van der Waals surface area contributed by atoms with Gasteiger partial charge >= 0.3 is 11.9 Å². The van der Waals surface area contributed by atoms with Crippen molar-refractivity contribution >= 4 is 39.1 Å². The van der Waals surface area contributed by atoms with E-state index in [4.69, 9.17) is 9.47 Å². The molecule has 2 aromatic heterocycles. The highest BCUT2D eigenvalue weighted by molar-refractivity contribution is 7.20. The smallest absolute Gasteiger partial charge is 0.349 e. The van der Waals surface area contributed by atoms with Crippen LogP contribution in [0, 0.1) is 13.8 Å². The monoisotopic (exact) mass is 399 g/mol. The van der Waals surface area contributed by atoms with Crippen molar-refractivity contribution in [2.24, 2.45) is 0 Å². The molecule has 28 heavy (non-hydrogen) atoms.